The highest BCUT2D eigenvalue weighted by molar-refractivity contribution is 5.92. The molecule has 2 N–H and O–H groups in total. The standard InChI is InChI=1S/C16H20FN5O3/c1-9(23)21-4-6-22(7-5-21)16-19-13-10(15(18)20-16)8-11(24-2)14(25-3)12(13)17/h8H,4-7H2,1-3H3,(H2,18,19,20). The van der Waals surface area contributed by atoms with Gasteiger partial charge in [0, 0.05) is 38.5 Å². The quantitative estimate of drug-likeness (QED) is 0.885. The summed E-state index contributed by atoms with van der Waals surface area (Å²) in [7, 11) is 2.78. The summed E-state index contributed by atoms with van der Waals surface area (Å²) in [5, 5.41) is 0.362. The number of hydrogen-bond acceptors (Lipinski definition) is 7. The van der Waals surface area contributed by atoms with Crippen LogP contribution in [0.1, 0.15) is 6.92 Å². The van der Waals surface area contributed by atoms with Crippen LogP contribution in [-0.4, -0.2) is 61.2 Å². The smallest absolute Gasteiger partial charge is 0.228 e. The molecule has 0 atom stereocenters. The van der Waals surface area contributed by atoms with Crippen LogP contribution in [0.3, 0.4) is 0 Å². The zero-order valence-corrected chi connectivity index (χ0v) is 14.4. The molecule has 1 aromatic heterocycles. The number of piperazine rings is 1. The predicted octanol–water partition coefficient (Wildman–Crippen LogP) is 1.04. The lowest BCUT2D eigenvalue weighted by molar-refractivity contribution is -0.129. The lowest BCUT2D eigenvalue weighted by Crippen LogP contribution is -2.48. The topological polar surface area (TPSA) is 93.8 Å². The fourth-order valence-electron chi connectivity index (χ4n) is 2.90. The van der Waals surface area contributed by atoms with E-state index in [1.807, 2.05) is 4.90 Å². The molecule has 0 bridgehead atoms. The Morgan fingerprint density at radius 2 is 1.88 bits per heavy atom. The van der Waals surface area contributed by atoms with Crippen LogP contribution < -0.4 is 20.1 Å². The maximum Gasteiger partial charge on any atom is 0.228 e. The van der Waals surface area contributed by atoms with Gasteiger partial charge in [-0.2, -0.15) is 4.98 Å². The minimum atomic E-state index is -0.644. The van der Waals surface area contributed by atoms with Crippen LogP contribution in [-0.2, 0) is 4.79 Å². The van der Waals surface area contributed by atoms with E-state index in [-0.39, 0.29) is 28.7 Å². The summed E-state index contributed by atoms with van der Waals surface area (Å²) < 4.78 is 25.0. The number of ether oxygens (including phenoxy) is 2. The van der Waals surface area contributed by atoms with Gasteiger partial charge in [0.15, 0.2) is 17.3 Å². The molecule has 1 aromatic carbocycles. The van der Waals surface area contributed by atoms with Gasteiger partial charge in [-0.05, 0) is 6.07 Å². The van der Waals surface area contributed by atoms with Gasteiger partial charge < -0.3 is 25.0 Å². The van der Waals surface area contributed by atoms with Crippen molar-refractivity contribution >= 4 is 28.6 Å². The normalized spacial score (nSPS) is 14.7. The number of anilines is 2. The van der Waals surface area contributed by atoms with Crippen LogP contribution in [0.15, 0.2) is 6.07 Å². The van der Waals surface area contributed by atoms with E-state index >= 15 is 0 Å². The van der Waals surface area contributed by atoms with E-state index < -0.39 is 5.82 Å². The van der Waals surface area contributed by atoms with Crippen LogP contribution in [0.25, 0.3) is 10.9 Å². The molecule has 0 saturated carbocycles. The Kier molecular flexibility index (Phi) is 4.47. The summed E-state index contributed by atoms with van der Waals surface area (Å²) in [4.78, 5) is 23.7. The van der Waals surface area contributed by atoms with Gasteiger partial charge in [0.1, 0.15) is 11.3 Å². The minimum absolute atomic E-state index is 0.0274. The molecule has 0 unspecified atom stereocenters. The van der Waals surface area contributed by atoms with Crippen molar-refractivity contribution in [1.29, 1.82) is 0 Å². The van der Waals surface area contributed by atoms with Gasteiger partial charge in [-0.15, -0.1) is 0 Å². The summed E-state index contributed by atoms with van der Waals surface area (Å²) >= 11 is 0. The van der Waals surface area contributed by atoms with Gasteiger partial charge in [0.2, 0.25) is 11.9 Å². The average Bonchev–Trinajstić information content (AvgIpc) is 2.62. The summed E-state index contributed by atoms with van der Waals surface area (Å²) in [6.45, 7) is 3.77. The number of nitrogen functional groups attached to an aromatic ring is 1. The molecular weight excluding hydrogens is 329 g/mol. The van der Waals surface area contributed by atoms with Gasteiger partial charge in [0.25, 0.3) is 0 Å². The van der Waals surface area contributed by atoms with Gasteiger partial charge in [-0.25, -0.2) is 9.37 Å². The van der Waals surface area contributed by atoms with Gasteiger partial charge in [-0.3, -0.25) is 4.79 Å². The number of nitrogens with zero attached hydrogens (tertiary/aromatic N) is 4. The fraction of sp³-hybridized carbons (Fsp3) is 0.438. The van der Waals surface area contributed by atoms with Crippen molar-refractivity contribution in [3.63, 3.8) is 0 Å². The van der Waals surface area contributed by atoms with Crippen molar-refractivity contribution in [1.82, 2.24) is 14.9 Å². The lowest BCUT2D eigenvalue weighted by atomic mass is 10.2. The Hall–Kier alpha value is -2.84. The van der Waals surface area contributed by atoms with E-state index in [1.54, 1.807) is 11.0 Å². The van der Waals surface area contributed by atoms with E-state index in [2.05, 4.69) is 9.97 Å². The van der Waals surface area contributed by atoms with E-state index in [1.165, 1.54) is 21.1 Å². The molecule has 3 rings (SSSR count). The van der Waals surface area contributed by atoms with Crippen molar-refractivity contribution < 1.29 is 18.7 Å². The molecule has 134 valence electrons. The lowest BCUT2D eigenvalue weighted by Gasteiger charge is -2.34. The van der Waals surface area contributed by atoms with Crippen molar-refractivity contribution in [2.45, 2.75) is 6.92 Å². The zero-order valence-electron chi connectivity index (χ0n) is 14.4. The Bertz CT molecular complexity index is 821. The molecule has 1 saturated heterocycles. The molecule has 1 aliphatic heterocycles. The average molecular weight is 349 g/mol. The molecule has 0 radical (unpaired) electrons. The number of amides is 1. The number of halogens is 1. The van der Waals surface area contributed by atoms with Crippen molar-refractivity contribution in [2.24, 2.45) is 0 Å². The number of fused-ring (bicyclic) bond motifs is 1. The molecule has 0 aliphatic carbocycles. The molecule has 1 fully saturated rings. The van der Waals surface area contributed by atoms with Crippen LogP contribution in [0.4, 0.5) is 16.2 Å². The summed E-state index contributed by atoms with van der Waals surface area (Å²) in [6, 6.07) is 1.56. The third kappa shape index (κ3) is 2.97. The van der Waals surface area contributed by atoms with E-state index in [0.717, 1.165) is 0 Å². The second-order valence-corrected chi connectivity index (χ2v) is 5.72. The molecule has 25 heavy (non-hydrogen) atoms. The first-order valence-electron chi connectivity index (χ1n) is 7.84. The van der Waals surface area contributed by atoms with Crippen LogP contribution in [0, 0.1) is 5.82 Å². The molecule has 8 nitrogen and oxygen atoms in total. The largest absolute Gasteiger partial charge is 0.493 e. The van der Waals surface area contributed by atoms with Crippen molar-refractivity contribution in [3.8, 4) is 11.5 Å². The van der Waals surface area contributed by atoms with Crippen LogP contribution >= 0.6 is 0 Å². The highest BCUT2D eigenvalue weighted by atomic mass is 19.1. The fourth-order valence-corrected chi connectivity index (χ4v) is 2.90. The Morgan fingerprint density at radius 1 is 1.20 bits per heavy atom. The van der Waals surface area contributed by atoms with Crippen molar-refractivity contribution in [2.75, 3.05) is 51.0 Å². The highest BCUT2D eigenvalue weighted by Crippen LogP contribution is 2.37. The van der Waals surface area contributed by atoms with E-state index in [4.69, 9.17) is 15.2 Å². The number of hydrogen-bond donors (Lipinski definition) is 1. The molecule has 1 amide bonds. The number of rotatable bonds is 3. The summed E-state index contributed by atoms with van der Waals surface area (Å²) in [6.07, 6.45) is 0. The van der Waals surface area contributed by atoms with Gasteiger partial charge >= 0.3 is 0 Å². The molecule has 9 heteroatoms. The summed E-state index contributed by atoms with van der Waals surface area (Å²) in [5.41, 5.74) is 6.10. The number of nitrogens with two attached hydrogens (primary N) is 1. The van der Waals surface area contributed by atoms with Gasteiger partial charge in [0.05, 0.1) is 14.2 Å². The Labute approximate surface area is 144 Å². The van der Waals surface area contributed by atoms with Gasteiger partial charge in [-0.1, -0.05) is 0 Å². The number of aromatic nitrogens is 2. The number of methoxy groups -OCH3 is 2. The third-order valence-electron chi connectivity index (χ3n) is 4.30. The van der Waals surface area contributed by atoms with Crippen LogP contribution in [0.2, 0.25) is 0 Å². The van der Waals surface area contributed by atoms with E-state index in [0.29, 0.717) is 37.5 Å². The van der Waals surface area contributed by atoms with E-state index in [9.17, 15) is 9.18 Å². The highest BCUT2D eigenvalue weighted by Gasteiger charge is 2.24. The Balaban J connectivity index is 2.02. The van der Waals surface area contributed by atoms with Crippen molar-refractivity contribution in [3.05, 3.63) is 11.9 Å². The second-order valence-electron chi connectivity index (χ2n) is 5.72. The molecule has 1 aliphatic rings. The maximum absolute atomic E-state index is 14.8. The first-order valence-corrected chi connectivity index (χ1v) is 7.84. The SMILES string of the molecule is COc1cc2c(N)nc(N3CCN(C(C)=O)CC3)nc2c(F)c1OC. The minimum Gasteiger partial charge on any atom is -0.493 e. The van der Waals surface area contributed by atoms with Crippen LogP contribution in [0.5, 0.6) is 11.5 Å². The first kappa shape index (κ1) is 17.0. The first-order chi connectivity index (χ1) is 12.0. The number of carbonyl (C=O) groups excluding carboxylic acids is 1. The maximum atomic E-state index is 14.8. The summed E-state index contributed by atoms with van der Waals surface area (Å²) in [5.74, 6) is 0.0790. The Morgan fingerprint density at radius 3 is 2.44 bits per heavy atom. The molecular formula is C16H20FN5O3. The predicted molar refractivity (Wildman–Crippen MR) is 91.5 cm³/mol. The molecule has 0 spiro atoms. The number of carbonyl (C=O) groups is 1. The molecule has 2 aromatic rings. The zero-order chi connectivity index (χ0) is 18.1. The molecule has 2 heterocycles. The monoisotopic (exact) mass is 349 g/mol. The second kappa shape index (κ2) is 6.58. The number of benzene rings is 1. The third-order valence-corrected chi connectivity index (χ3v) is 4.30.